The largest absolute Gasteiger partial charge is 0.198 e. The Morgan fingerprint density at radius 2 is 1.71 bits per heavy atom. The van der Waals surface area contributed by atoms with Crippen molar-refractivity contribution < 1.29 is 0 Å². The van der Waals surface area contributed by atoms with Gasteiger partial charge in [-0.2, -0.15) is 10.1 Å². The number of hydrogen-bond acceptors (Lipinski definition) is 3. The molecular formula is C10H15N3O. The predicted octanol–water partition coefficient (Wildman–Crippen LogP) is 2.43. The topological polar surface area (TPSA) is 35.9 Å². The van der Waals surface area contributed by atoms with Gasteiger partial charge in [0.25, 0.3) is 0 Å². The summed E-state index contributed by atoms with van der Waals surface area (Å²) < 4.78 is 0. The van der Waals surface area contributed by atoms with Crippen LogP contribution in [0.15, 0.2) is 35.6 Å². The van der Waals surface area contributed by atoms with E-state index >= 15 is 0 Å². The summed E-state index contributed by atoms with van der Waals surface area (Å²) in [5.41, 5.74) is 0.797. The summed E-state index contributed by atoms with van der Waals surface area (Å²) in [6.07, 6.45) is 0. The third-order valence-electron chi connectivity index (χ3n) is 2.06. The standard InChI is InChI=1S/C10H15N3O/c1-3-12(4-2)13(11-14)10-8-6-5-7-9-10/h5-9H,3-4H2,1-2H3. The van der Waals surface area contributed by atoms with Crippen LogP contribution in [0.5, 0.6) is 0 Å². The number of rotatable bonds is 5. The van der Waals surface area contributed by atoms with E-state index in [2.05, 4.69) is 5.29 Å². The van der Waals surface area contributed by atoms with Crippen molar-refractivity contribution in [2.45, 2.75) is 13.8 Å². The number of hydrazine groups is 1. The van der Waals surface area contributed by atoms with Crippen molar-refractivity contribution in [1.29, 1.82) is 0 Å². The van der Waals surface area contributed by atoms with Crippen LogP contribution >= 0.6 is 0 Å². The van der Waals surface area contributed by atoms with E-state index in [1.807, 2.05) is 49.2 Å². The van der Waals surface area contributed by atoms with Crippen LogP contribution in [0.4, 0.5) is 5.69 Å². The van der Waals surface area contributed by atoms with Crippen molar-refractivity contribution in [3.8, 4) is 0 Å². The highest BCUT2D eigenvalue weighted by Crippen LogP contribution is 2.15. The summed E-state index contributed by atoms with van der Waals surface area (Å²) in [5.74, 6) is 0. The quantitative estimate of drug-likeness (QED) is 0.532. The molecule has 4 heteroatoms. The molecule has 1 aromatic carbocycles. The Labute approximate surface area is 84.0 Å². The number of hydrogen-bond donors (Lipinski definition) is 0. The molecule has 0 saturated carbocycles. The second-order valence-corrected chi connectivity index (χ2v) is 2.85. The van der Waals surface area contributed by atoms with Gasteiger partial charge in [-0.1, -0.05) is 32.0 Å². The minimum atomic E-state index is 0.761. The van der Waals surface area contributed by atoms with Crippen molar-refractivity contribution in [2.75, 3.05) is 18.2 Å². The fraction of sp³-hybridized carbons (Fsp3) is 0.400. The molecule has 0 atom stereocenters. The lowest BCUT2D eigenvalue weighted by molar-refractivity contribution is 0.278. The second-order valence-electron chi connectivity index (χ2n) is 2.85. The molecule has 1 aromatic rings. The zero-order chi connectivity index (χ0) is 10.4. The van der Waals surface area contributed by atoms with Crippen molar-refractivity contribution in [3.05, 3.63) is 35.2 Å². The Morgan fingerprint density at radius 1 is 1.14 bits per heavy atom. The van der Waals surface area contributed by atoms with E-state index in [4.69, 9.17) is 0 Å². The van der Waals surface area contributed by atoms with E-state index in [1.54, 1.807) is 0 Å². The van der Waals surface area contributed by atoms with Crippen LogP contribution in [0.25, 0.3) is 0 Å². The maximum atomic E-state index is 10.7. The first-order valence-electron chi connectivity index (χ1n) is 4.76. The molecule has 0 spiro atoms. The fourth-order valence-electron chi connectivity index (χ4n) is 1.31. The van der Waals surface area contributed by atoms with Gasteiger partial charge in [0.15, 0.2) is 0 Å². The van der Waals surface area contributed by atoms with E-state index in [1.165, 1.54) is 5.12 Å². The first kappa shape index (κ1) is 10.7. The predicted molar refractivity (Wildman–Crippen MR) is 57.6 cm³/mol. The van der Waals surface area contributed by atoms with Gasteiger partial charge in [-0.25, -0.2) is 0 Å². The summed E-state index contributed by atoms with van der Waals surface area (Å²) in [7, 11) is 0. The highest BCUT2D eigenvalue weighted by Gasteiger charge is 2.12. The van der Waals surface area contributed by atoms with Crippen LogP contribution in [0.3, 0.4) is 0 Å². The lowest BCUT2D eigenvalue weighted by atomic mass is 10.3. The third kappa shape index (κ3) is 2.29. The van der Waals surface area contributed by atoms with Gasteiger partial charge in [-0.05, 0) is 12.1 Å². The molecule has 0 fully saturated rings. The number of anilines is 1. The third-order valence-corrected chi connectivity index (χ3v) is 2.06. The van der Waals surface area contributed by atoms with Crippen molar-refractivity contribution in [3.63, 3.8) is 0 Å². The van der Waals surface area contributed by atoms with Crippen molar-refractivity contribution >= 4 is 5.69 Å². The van der Waals surface area contributed by atoms with Gasteiger partial charge in [-0.3, -0.25) is 0 Å². The molecule has 0 bridgehead atoms. The van der Waals surface area contributed by atoms with Crippen LogP contribution in [-0.4, -0.2) is 18.1 Å². The average Bonchev–Trinajstić information content (AvgIpc) is 2.27. The molecule has 4 nitrogen and oxygen atoms in total. The molecule has 0 aromatic heterocycles. The summed E-state index contributed by atoms with van der Waals surface area (Å²) in [4.78, 5) is 10.7. The van der Waals surface area contributed by atoms with E-state index in [0.717, 1.165) is 18.8 Å². The minimum Gasteiger partial charge on any atom is -0.198 e. The summed E-state index contributed by atoms with van der Waals surface area (Å²) >= 11 is 0. The monoisotopic (exact) mass is 193 g/mol. The molecule has 0 saturated heterocycles. The lowest BCUT2D eigenvalue weighted by Crippen LogP contribution is -2.38. The second kappa shape index (κ2) is 5.34. The lowest BCUT2D eigenvalue weighted by Gasteiger charge is -2.27. The molecule has 0 radical (unpaired) electrons. The van der Waals surface area contributed by atoms with Crippen molar-refractivity contribution in [2.24, 2.45) is 5.29 Å². The van der Waals surface area contributed by atoms with Gasteiger partial charge in [0, 0.05) is 13.1 Å². The SMILES string of the molecule is CCN(CC)N(N=O)c1ccccc1. The van der Waals surface area contributed by atoms with Crippen LogP contribution in [0, 0.1) is 4.91 Å². The number of nitrogens with zero attached hydrogens (tertiary/aromatic N) is 3. The first-order valence-corrected chi connectivity index (χ1v) is 4.76. The van der Waals surface area contributed by atoms with Gasteiger partial charge in [0.05, 0.1) is 11.0 Å². The molecule has 0 N–H and O–H groups in total. The molecule has 14 heavy (non-hydrogen) atoms. The van der Waals surface area contributed by atoms with Gasteiger partial charge < -0.3 is 0 Å². The molecular weight excluding hydrogens is 178 g/mol. The Hall–Kier alpha value is -1.42. The van der Waals surface area contributed by atoms with E-state index in [-0.39, 0.29) is 0 Å². The van der Waals surface area contributed by atoms with Gasteiger partial charge in [0.2, 0.25) is 0 Å². The molecule has 1 rings (SSSR count). The van der Waals surface area contributed by atoms with Gasteiger partial charge in [0.1, 0.15) is 0 Å². The molecule has 0 heterocycles. The van der Waals surface area contributed by atoms with Crippen LogP contribution in [0.2, 0.25) is 0 Å². The minimum absolute atomic E-state index is 0.761. The Morgan fingerprint density at radius 3 is 2.14 bits per heavy atom. The zero-order valence-electron chi connectivity index (χ0n) is 8.55. The summed E-state index contributed by atoms with van der Waals surface area (Å²) in [6.45, 7) is 5.50. The Balaban J connectivity index is 2.86. The van der Waals surface area contributed by atoms with E-state index in [0.29, 0.717) is 0 Å². The molecule has 0 amide bonds. The molecule has 0 aliphatic heterocycles. The van der Waals surface area contributed by atoms with Crippen molar-refractivity contribution in [1.82, 2.24) is 5.01 Å². The highest BCUT2D eigenvalue weighted by atomic mass is 16.3. The van der Waals surface area contributed by atoms with Crippen LogP contribution in [0.1, 0.15) is 13.8 Å². The Bertz CT molecular complexity index is 272. The Kier molecular flexibility index (Phi) is 4.07. The molecule has 76 valence electrons. The molecule has 0 aliphatic carbocycles. The van der Waals surface area contributed by atoms with Gasteiger partial charge >= 0.3 is 0 Å². The maximum absolute atomic E-state index is 10.7. The summed E-state index contributed by atoms with van der Waals surface area (Å²) in [6, 6.07) is 9.40. The maximum Gasteiger partial charge on any atom is 0.0814 e. The number of para-hydroxylation sites is 1. The molecule has 0 unspecified atom stereocenters. The van der Waals surface area contributed by atoms with Crippen LogP contribution in [-0.2, 0) is 0 Å². The van der Waals surface area contributed by atoms with E-state index in [9.17, 15) is 4.91 Å². The zero-order valence-corrected chi connectivity index (χ0v) is 8.55. The smallest absolute Gasteiger partial charge is 0.0814 e. The normalized spacial score (nSPS) is 10.2. The number of nitroso groups, excluding NO2 is 1. The average molecular weight is 193 g/mol. The van der Waals surface area contributed by atoms with Crippen LogP contribution < -0.4 is 5.12 Å². The van der Waals surface area contributed by atoms with E-state index < -0.39 is 0 Å². The summed E-state index contributed by atoms with van der Waals surface area (Å²) in [5, 5.41) is 6.26. The van der Waals surface area contributed by atoms with Gasteiger partial charge in [-0.15, -0.1) is 4.91 Å². The first-order chi connectivity index (χ1) is 6.83. The fourth-order valence-corrected chi connectivity index (χ4v) is 1.31. The highest BCUT2D eigenvalue weighted by molar-refractivity contribution is 5.43. The molecule has 0 aliphatic rings. The number of benzene rings is 1.